The molecule has 2 heterocycles. The summed E-state index contributed by atoms with van der Waals surface area (Å²) < 4.78 is 0. The van der Waals surface area contributed by atoms with Crippen LogP contribution >= 0.6 is 0 Å². The quantitative estimate of drug-likeness (QED) is 0.780. The first-order chi connectivity index (χ1) is 10.1. The Morgan fingerprint density at radius 3 is 2.62 bits per heavy atom. The number of carbonyl (C=O) groups excluding carboxylic acids is 1. The smallest absolute Gasteiger partial charge is 0.274 e. The van der Waals surface area contributed by atoms with Gasteiger partial charge < -0.3 is 5.32 Å². The predicted octanol–water partition coefficient (Wildman–Crippen LogP) is 3.50. The van der Waals surface area contributed by atoms with Crippen molar-refractivity contribution in [3.63, 3.8) is 0 Å². The third-order valence-corrected chi connectivity index (χ3v) is 3.25. The molecule has 0 aliphatic heterocycles. The number of fused-ring (bicyclic) bond motifs is 1. The van der Waals surface area contributed by atoms with E-state index in [2.05, 4.69) is 15.3 Å². The third-order valence-electron chi connectivity index (χ3n) is 3.25. The van der Waals surface area contributed by atoms with Crippen molar-refractivity contribution in [2.75, 3.05) is 5.32 Å². The van der Waals surface area contributed by atoms with Crippen LogP contribution in [-0.2, 0) is 0 Å². The molecule has 1 amide bonds. The first-order valence-electron chi connectivity index (χ1n) is 6.73. The molecule has 0 bridgehead atoms. The van der Waals surface area contributed by atoms with E-state index in [1.54, 1.807) is 12.3 Å². The molecule has 4 heteroatoms. The van der Waals surface area contributed by atoms with Crippen molar-refractivity contribution >= 4 is 22.5 Å². The zero-order valence-corrected chi connectivity index (χ0v) is 11.9. The van der Waals surface area contributed by atoms with Gasteiger partial charge in [-0.1, -0.05) is 18.2 Å². The fourth-order valence-corrected chi connectivity index (χ4v) is 2.09. The van der Waals surface area contributed by atoms with Crippen LogP contribution in [0.4, 0.5) is 5.69 Å². The molecule has 3 aromatic rings. The molecule has 0 saturated heterocycles. The number of nitrogens with zero attached hydrogens (tertiary/aromatic N) is 2. The minimum Gasteiger partial charge on any atom is -0.319 e. The van der Waals surface area contributed by atoms with E-state index in [-0.39, 0.29) is 5.91 Å². The molecule has 3 rings (SSSR count). The summed E-state index contributed by atoms with van der Waals surface area (Å²) in [5, 5.41) is 3.82. The van der Waals surface area contributed by atoms with Gasteiger partial charge in [0.05, 0.1) is 17.4 Å². The maximum Gasteiger partial charge on any atom is 0.274 e. The highest BCUT2D eigenvalue weighted by Gasteiger charge is 2.09. The Balaban J connectivity index is 1.88. The van der Waals surface area contributed by atoms with Crippen LogP contribution in [0, 0.1) is 13.8 Å². The van der Waals surface area contributed by atoms with Gasteiger partial charge in [-0.2, -0.15) is 0 Å². The molecule has 1 N–H and O–H groups in total. The molecule has 0 spiro atoms. The molecule has 0 atom stereocenters. The lowest BCUT2D eigenvalue weighted by molar-refractivity contribution is 0.102. The summed E-state index contributed by atoms with van der Waals surface area (Å²) in [4.78, 5) is 20.8. The number of hydrogen-bond donors (Lipinski definition) is 1. The van der Waals surface area contributed by atoms with E-state index < -0.39 is 0 Å². The number of rotatable bonds is 2. The summed E-state index contributed by atoms with van der Waals surface area (Å²) in [5.41, 5.74) is 3.91. The number of nitrogens with one attached hydrogen (secondary N) is 1. The van der Waals surface area contributed by atoms with E-state index in [4.69, 9.17) is 0 Å². The van der Waals surface area contributed by atoms with Crippen LogP contribution in [0.2, 0.25) is 0 Å². The number of aromatic nitrogens is 2. The Morgan fingerprint density at radius 1 is 1.05 bits per heavy atom. The zero-order chi connectivity index (χ0) is 14.8. The maximum atomic E-state index is 12.2. The summed E-state index contributed by atoms with van der Waals surface area (Å²) in [6.45, 7) is 3.91. The number of anilines is 1. The lowest BCUT2D eigenvalue weighted by atomic mass is 10.1. The maximum absolute atomic E-state index is 12.2. The topological polar surface area (TPSA) is 54.9 Å². The average Bonchev–Trinajstić information content (AvgIpc) is 2.48. The zero-order valence-electron chi connectivity index (χ0n) is 11.9. The molecule has 0 fully saturated rings. The van der Waals surface area contributed by atoms with E-state index in [9.17, 15) is 4.79 Å². The largest absolute Gasteiger partial charge is 0.319 e. The highest BCUT2D eigenvalue weighted by molar-refractivity contribution is 6.04. The number of carbonyl (C=O) groups is 1. The second-order valence-corrected chi connectivity index (χ2v) is 5.04. The number of pyridine rings is 2. The summed E-state index contributed by atoms with van der Waals surface area (Å²) in [5.74, 6) is -0.232. The summed E-state index contributed by atoms with van der Waals surface area (Å²) in [6.07, 6.45) is 1.64. The van der Waals surface area contributed by atoms with Crippen molar-refractivity contribution in [1.29, 1.82) is 0 Å². The van der Waals surface area contributed by atoms with Crippen molar-refractivity contribution in [1.82, 2.24) is 9.97 Å². The van der Waals surface area contributed by atoms with E-state index >= 15 is 0 Å². The number of benzene rings is 1. The van der Waals surface area contributed by atoms with Crippen molar-refractivity contribution < 1.29 is 4.79 Å². The third kappa shape index (κ3) is 2.89. The van der Waals surface area contributed by atoms with Gasteiger partial charge in [0.2, 0.25) is 0 Å². The SMILES string of the molecule is Cc1ccc2ccc(C(=O)Nc3ccc(C)nc3)nc2c1. The second-order valence-electron chi connectivity index (χ2n) is 5.04. The fraction of sp³-hybridized carbons (Fsp3) is 0.118. The monoisotopic (exact) mass is 277 g/mol. The van der Waals surface area contributed by atoms with E-state index in [1.807, 2.05) is 50.2 Å². The molecule has 104 valence electrons. The van der Waals surface area contributed by atoms with Crippen LogP contribution in [0.25, 0.3) is 10.9 Å². The van der Waals surface area contributed by atoms with Gasteiger partial charge in [0.15, 0.2) is 0 Å². The molecule has 0 unspecified atom stereocenters. The van der Waals surface area contributed by atoms with E-state index in [0.29, 0.717) is 11.4 Å². The standard InChI is InChI=1S/C17H15N3O/c1-11-3-5-13-6-8-15(20-16(13)9-11)17(21)19-14-7-4-12(2)18-10-14/h3-10H,1-2H3,(H,19,21). The van der Waals surface area contributed by atoms with Gasteiger partial charge in [-0.3, -0.25) is 9.78 Å². The van der Waals surface area contributed by atoms with E-state index in [1.165, 1.54) is 0 Å². The first kappa shape index (κ1) is 13.2. The Bertz CT molecular complexity index is 810. The number of aryl methyl sites for hydroxylation is 2. The molecule has 21 heavy (non-hydrogen) atoms. The minimum atomic E-state index is -0.232. The van der Waals surface area contributed by atoms with Crippen molar-refractivity contribution in [3.8, 4) is 0 Å². The van der Waals surface area contributed by atoms with Crippen molar-refractivity contribution in [2.24, 2.45) is 0 Å². The molecule has 0 saturated carbocycles. The molecular formula is C17H15N3O. The van der Waals surface area contributed by atoms with E-state index in [0.717, 1.165) is 22.2 Å². The van der Waals surface area contributed by atoms with Gasteiger partial charge in [-0.15, -0.1) is 0 Å². The van der Waals surface area contributed by atoms with Crippen LogP contribution in [-0.4, -0.2) is 15.9 Å². The summed E-state index contributed by atoms with van der Waals surface area (Å²) >= 11 is 0. The predicted molar refractivity (Wildman–Crippen MR) is 83.4 cm³/mol. The summed E-state index contributed by atoms with van der Waals surface area (Å²) in [6, 6.07) is 13.3. The molecule has 0 radical (unpaired) electrons. The Labute approximate surface area is 122 Å². The molecule has 4 nitrogen and oxygen atoms in total. The number of amides is 1. The van der Waals surface area contributed by atoms with Crippen molar-refractivity contribution in [2.45, 2.75) is 13.8 Å². The first-order valence-corrected chi connectivity index (χ1v) is 6.73. The molecule has 1 aromatic carbocycles. The lowest BCUT2D eigenvalue weighted by Gasteiger charge is -2.06. The highest BCUT2D eigenvalue weighted by atomic mass is 16.1. The molecule has 0 aliphatic rings. The van der Waals surface area contributed by atoms with Gasteiger partial charge in [-0.05, 0) is 43.7 Å². The Kier molecular flexibility index (Phi) is 3.36. The van der Waals surface area contributed by atoms with Crippen molar-refractivity contribution in [3.05, 3.63) is 65.6 Å². The Hall–Kier alpha value is -2.75. The fourth-order valence-electron chi connectivity index (χ4n) is 2.09. The van der Waals surface area contributed by atoms with Gasteiger partial charge in [-0.25, -0.2) is 4.98 Å². The van der Waals surface area contributed by atoms with Gasteiger partial charge >= 0.3 is 0 Å². The van der Waals surface area contributed by atoms with Crippen LogP contribution in [0.3, 0.4) is 0 Å². The second kappa shape index (κ2) is 5.32. The van der Waals surface area contributed by atoms with Crippen LogP contribution in [0.5, 0.6) is 0 Å². The summed E-state index contributed by atoms with van der Waals surface area (Å²) in [7, 11) is 0. The van der Waals surface area contributed by atoms with Gasteiger partial charge in [0.1, 0.15) is 5.69 Å². The van der Waals surface area contributed by atoms with Gasteiger partial charge in [0, 0.05) is 11.1 Å². The Morgan fingerprint density at radius 2 is 1.86 bits per heavy atom. The molecule has 0 aliphatic carbocycles. The average molecular weight is 277 g/mol. The lowest BCUT2D eigenvalue weighted by Crippen LogP contribution is -2.13. The normalized spacial score (nSPS) is 10.6. The van der Waals surface area contributed by atoms with Crippen LogP contribution in [0.1, 0.15) is 21.7 Å². The number of hydrogen-bond acceptors (Lipinski definition) is 3. The minimum absolute atomic E-state index is 0.232. The van der Waals surface area contributed by atoms with Crippen LogP contribution < -0.4 is 5.32 Å². The molecule has 2 aromatic heterocycles. The van der Waals surface area contributed by atoms with Crippen LogP contribution in [0.15, 0.2) is 48.7 Å². The highest BCUT2D eigenvalue weighted by Crippen LogP contribution is 2.15. The van der Waals surface area contributed by atoms with Gasteiger partial charge in [0.25, 0.3) is 5.91 Å². The molecular weight excluding hydrogens is 262 g/mol.